The van der Waals surface area contributed by atoms with E-state index >= 15 is 0 Å². The SMILES string of the molecule is Cc1ccccc1-c1nc2cnccn2c1NCCC(=O)NCc1cccc(Cl)c1. The van der Waals surface area contributed by atoms with Gasteiger partial charge in [0.2, 0.25) is 5.91 Å². The number of amides is 1. The van der Waals surface area contributed by atoms with Crippen LogP contribution in [0, 0.1) is 6.92 Å². The standard InChI is InChI=1S/C23H22ClN5O/c1-16-5-2-3-8-19(16)22-23(29-12-11-25-15-20(29)28-22)26-10-9-21(30)27-14-17-6-4-7-18(24)13-17/h2-8,11-13,15,26H,9-10,14H2,1H3,(H,27,30). The first kappa shape index (κ1) is 19.9. The number of fused-ring (bicyclic) bond motifs is 1. The second-order valence-electron chi connectivity index (χ2n) is 7.01. The number of aromatic nitrogens is 3. The molecule has 152 valence electrons. The molecule has 0 saturated heterocycles. The highest BCUT2D eigenvalue weighted by atomic mass is 35.5. The van der Waals surface area contributed by atoms with E-state index in [2.05, 4.69) is 28.6 Å². The summed E-state index contributed by atoms with van der Waals surface area (Å²) in [5.41, 5.74) is 4.76. The molecule has 0 radical (unpaired) electrons. The molecule has 4 aromatic rings. The summed E-state index contributed by atoms with van der Waals surface area (Å²) in [4.78, 5) is 21.2. The van der Waals surface area contributed by atoms with Gasteiger partial charge in [-0.05, 0) is 30.2 Å². The highest BCUT2D eigenvalue weighted by molar-refractivity contribution is 6.30. The van der Waals surface area contributed by atoms with Crippen LogP contribution in [0.25, 0.3) is 16.9 Å². The number of imidazole rings is 1. The zero-order chi connectivity index (χ0) is 20.9. The lowest BCUT2D eigenvalue weighted by molar-refractivity contribution is -0.121. The number of nitrogens with zero attached hydrogens (tertiary/aromatic N) is 3. The Morgan fingerprint density at radius 3 is 2.87 bits per heavy atom. The Hall–Kier alpha value is -3.38. The Kier molecular flexibility index (Phi) is 5.95. The molecule has 0 saturated carbocycles. The predicted molar refractivity (Wildman–Crippen MR) is 120 cm³/mol. The fourth-order valence-corrected chi connectivity index (χ4v) is 3.55. The minimum absolute atomic E-state index is 0.0320. The molecule has 7 heteroatoms. The van der Waals surface area contributed by atoms with E-state index in [1.54, 1.807) is 12.4 Å². The van der Waals surface area contributed by atoms with Crippen LogP contribution in [0.15, 0.2) is 67.1 Å². The Morgan fingerprint density at radius 2 is 2.03 bits per heavy atom. The maximum Gasteiger partial charge on any atom is 0.222 e. The Labute approximate surface area is 179 Å². The molecule has 0 atom stereocenters. The van der Waals surface area contributed by atoms with Crippen molar-refractivity contribution in [3.8, 4) is 11.3 Å². The fraction of sp³-hybridized carbons (Fsp3) is 0.174. The van der Waals surface area contributed by atoms with Crippen molar-refractivity contribution in [1.29, 1.82) is 0 Å². The van der Waals surface area contributed by atoms with Crippen molar-refractivity contribution in [3.05, 3.63) is 83.3 Å². The smallest absolute Gasteiger partial charge is 0.222 e. The molecule has 0 spiro atoms. The van der Waals surface area contributed by atoms with Crippen LogP contribution in [-0.4, -0.2) is 26.8 Å². The second-order valence-corrected chi connectivity index (χ2v) is 7.45. The lowest BCUT2D eigenvalue weighted by Gasteiger charge is -2.10. The number of aryl methyl sites for hydroxylation is 1. The molecule has 4 rings (SSSR count). The normalized spacial score (nSPS) is 10.9. The monoisotopic (exact) mass is 419 g/mol. The molecule has 2 N–H and O–H groups in total. The molecule has 2 heterocycles. The van der Waals surface area contributed by atoms with Gasteiger partial charge in [-0.2, -0.15) is 0 Å². The van der Waals surface area contributed by atoms with E-state index in [9.17, 15) is 4.79 Å². The van der Waals surface area contributed by atoms with Gasteiger partial charge in [0, 0.05) is 42.5 Å². The minimum Gasteiger partial charge on any atom is -0.369 e. The molecule has 0 aliphatic rings. The number of hydrogen-bond donors (Lipinski definition) is 2. The van der Waals surface area contributed by atoms with E-state index < -0.39 is 0 Å². The van der Waals surface area contributed by atoms with E-state index in [-0.39, 0.29) is 5.91 Å². The molecule has 0 aliphatic carbocycles. The van der Waals surface area contributed by atoms with Crippen molar-refractivity contribution in [2.45, 2.75) is 19.9 Å². The van der Waals surface area contributed by atoms with Gasteiger partial charge < -0.3 is 10.6 Å². The summed E-state index contributed by atoms with van der Waals surface area (Å²) in [5.74, 6) is 0.819. The lowest BCUT2D eigenvalue weighted by atomic mass is 10.1. The van der Waals surface area contributed by atoms with E-state index in [1.165, 1.54) is 0 Å². The summed E-state index contributed by atoms with van der Waals surface area (Å²) >= 11 is 5.99. The first-order valence-corrected chi connectivity index (χ1v) is 10.1. The van der Waals surface area contributed by atoms with Crippen LogP contribution in [0.4, 0.5) is 5.82 Å². The predicted octanol–water partition coefficient (Wildman–Crippen LogP) is 4.48. The molecule has 0 aliphatic heterocycles. The van der Waals surface area contributed by atoms with Gasteiger partial charge in [0.25, 0.3) is 0 Å². The average molecular weight is 420 g/mol. The summed E-state index contributed by atoms with van der Waals surface area (Å²) < 4.78 is 1.96. The number of halogens is 1. The van der Waals surface area contributed by atoms with Crippen LogP contribution in [0.5, 0.6) is 0 Å². The van der Waals surface area contributed by atoms with Crippen LogP contribution >= 0.6 is 11.6 Å². The Bertz CT molecular complexity index is 1190. The molecule has 2 aromatic carbocycles. The molecular formula is C23H22ClN5O. The lowest BCUT2D eigenvalue weighted by Crippen LogP contribution is -2.25. The third kappa shape index (κ3) is 4.44. The molecule has 30 heavy (non-hydrogen) atoms. The van der Waals surface area contributed by atoms with E-state index in [4.69, 9.17) is 16.6 Å². The Balaban J connectivity index is 1.45. The van der Waals surface area contributed by atoms with E-state index in [0.29, 0.717) is 24.5 Å². The van der Waals surface area contributed by atoms with Gasteiger partial charge in [-0.25, -0.2) is 4.98 Å². The number of nitrogens with one attached hydrogen (secondary N) is 2. The van der Waals surface area contributed by atoms with Gasteiger partial charge >= 0.3 is 0 Å². The third-order valence-corrected chi connectivity index (χ3v) is 5.09. The number of carbonyl (C=O) groups excluding carboxylic acids is 1. The van der Waals surface area contributed by atoms with Crippen LogP contribution in [-0.2, 0) is 11.3 Å². The van der Waals surface area contributed by atoms with Crippen molar-refractivity contribution >= 4 is 29.0 Å². The molecular weight excluding hydrogens is 398 g/mol. The third-order valence-electron chi connectivity index (χ3n) is 4.85. The number of anilines is 1. The highest BCUT2D eigenvalue weighted by Crippen LogP contribution is 2.30. The summed E-state index contributed by atoms with van der Waals surface area (Å²) in [6.45, 7) is 3.00. The van der Waals surface area contributed by atoms with Crippen LogP contribution in [0.1, 0.15) is 17.5 Å². The van der Waals surface area contributed by atoms with Crippen molar-refractivity contribution < 1.29 is 4.79 Å². The molecule has 0 bridgehead atoms. The number of hydrogen-bond acceptors (Lipinski definition) is 4. The van der Waals surface area contributed by atoms with Gasteiger partial charge in [-0.15, -0.1) is 0 Å². The van der Waals surface area contributed by atoms with Gasteiger partial charge in [-0.3, -0.25) is 14.2 Å². The zero-order valence-electron chi connectivity index (χ0n) is 16.6. The number of benzene rings is 2. The van der Waals surface area contributed by atoms with Gasteiger partial charge in [0.1, 0.15) is 11.5 Å². The fourth-order valence-electron chi connectivity index (χ4n) is 3.33. The van der Waals surface area contributed by atoms with Crippen molar-refractivity contribution in [2.24, 2.45) is 0 Å². The largest absolute Gasteiger partial charge is 0.369 e. The highest BCUT2D eigenvalue weighted by Gasteiger charge is 2.15. The molecule has 0 unspecified atom stereocenters. The summed E-state index contributed by atoms with van der Waals surface area (Å²) in [7, 11) is 0. The number of rotatable bonds is 7. The first-order chi connectivity index (χ1) is 14.6. The average Bonchev–Trinajstić information content (AvgIpc) is 3.11. The van der Waals surface area contributed by atoms with Crippen molar-refractivity contribution in [1.82, 2.24) is 19.7 Å². The maximum absolute atomic E-state index is 12.3. The maximum atomic E-state index is 12.3. The summed E-state index contributed by atoms with van der Waals surface area (Å²) in [6.07, 6.45) is 5.65. The van der Waals surface area contributed by atoms with E-state index in [0.717, 1.165) is 33.8 Å². The van der Waals surface area contributed by atoms with Crippen LogP contribution in [0.2, 0.25) is 5.02 Å². The second kappa shape index (κ2) is 8.97. The van der Waals surface area contributed by atoms with Gasteiger partial charge in [0.15, 0.2) is 5.65 Å². The van der Waals surface area contributed by atoms with Crippen LogP contribution < -0.4 is 10.6 Å². The first-order valence-electron chi connectivity index (χ1n) is 9.75. The minimum atomic E-state index is -0.0320. The summed E-state index contributed by atoms with van der Waals surface area (Å²) in [5, 5.41) is 6.98. The Morgan fingerprint density at radius 1 is 1.17 bits per heavy atom. The van der Waals surface area contributed by atoms with Gasteiger partial charge in [-0.1, -0.05) is 48.0 Å². The molecule has 1 amide bonds. The van der Waals surface area contributed by atoms with Crippen molar-refractivity contribution in [2.75, 3.05) is 11.9 Å². The molecule has 0 fully saturated rings. The van der Waals surface area contributed by atoms with Gasteiger partial charge in [0.05, 0.1) is 6.20 Å². The molecule has 6 nitrogen and oxygen atoms in total. The molecule has 2 aromatic heterocycles. The van der Waals surface area contributed by atoms with Crippen LogP contribution in [0.3, 0.4) is 0 Å². The zero-order valence-corrected chi connectivity index (χ0v) is 17.4. The topological polar surface area (TPSA) is 71.3 Å². The number of carbonyl (C=O) groups is 1. The quantitative estimate of drug-likeness (QED) is 0.463. The van der Waals surface area contributed by atoms with E-state index in [1.807, 2.05) is 53.1 Å². The van der Waals surface area contributed by atoms with Crippen molar-refractivity contribution in [3.63, 3.8) is 0 Å². The summed E-state index contributed by atoms with van der Waals surface area (Å²) in [6, 6.07) is 15.6.